The van der Waals surface area contributed by atoms with Crippen molar-refractivity contribution >= 4 is 5.91 Å². The smallest absolute Gasteiger partial charge is 0.236 e. The van der Waals surface area contributed by atoms with Crippen molar-refractivity contribution in [2.45, 2.75) is 45.1 Å². The first-order valence-corrected chi connectivity index (χ1v) is 7.50. The van der Waals surface area contributed by atoms with Gasteiger partial charge in [0.1, 0.15) is 0 Å². The van der Waals surface area contributed by atoms with Crippen LogP contribution in [0.2, 0.25) is 0 Å². The zero-order chi connectivity index (χ0) is 12.8. The number of nitrogens with one attached hydrogen (secondary N) is 1. The number of amides is 1. The Morgan fingerprint density at radius 2 is 1.78 bits per heavy atom. The fourth-order valence-electron chi connectivity index (χ4n) is 2.89. The lowest BCUT2D eigenvalue weighted by Gasteiger charge is -2.35. The fourth-order valence-corrected chi connectivity index (χ4v) is 2.89. The summed E-state index contributed by atoms with van der Waals surface area (Å²) in [5, 5.41) is 3.37. The number of hydrogen-bond donors (Lipinski definition) is 1. The molecular formula is C14H27N3O. The molecule has 4 nitrogen and oxygen atoms in total. The van der Waals surface area contributed by atoms with Crippen LogP contribution in [-0.4, -0.2) is 61.0 Å². The van der Waals surface area contributed by atoms with Gasteiger partial charge in [-0.15, -0.1) is 0 Å². The zero-order valence-electron chi connectivity index (χ0n) is 11.7. The van der Waals surface area contributed by atoms with E-state index in [4.69, 9.17) is 0 Å². The third-order valence-electron chi connectivity index (χ3n) is 4.19. The summed E-state index contributed by atoms with van der Waals surface area (Å²) < 4.78 is 0. The van der Waals surface area contributed by atoms with Crippen LogP contribution in [0.15, 0.2) is 0 Å². The normalized spacial score (nSPS) is 27.6. The molecule has 0 spiro atoms. The third-order valence-corrected chi connectivity index (χ3v) is 4.19. The Labute approximate surface area is 111 Å². The fraction of sp³-hybridized carbons (Fsp3) is 0.929. The molecular weight excluding hydrogens is 226 g/mol. The number of nitrogens with zero attached hydrogens (tertiary/aromatic N) is 2. The van der Waals surface area contributed by atoms with E-state index in [2.05, 4.69) is 22.0 Å². The lowest BCUT2D eigenvalue weighted by Crippen LogP contribution is -2.53. The molecule has 1 N–H and O–H groups in total. The minimum absolute atomic E-state index is 0.339. The molecule has 2 fully saturated rings. The molecule has 2 aliphatic rings. The summed E-state index contributed by atoms with van der Waals surface area (Å²) in [6.07, 6.45) is 6.28. The van der Waals surface area contributed by atoms with Crippen molar-refractivity contribution in [3.63, 3.8) is 0 Å². The van der Waals surface area contributed by atoms with Crippen LogP contribution >= 0.6 is 0 Å². The second-order valence-corrected chi connectivity index (χ2v) is 5.67. The monoisotopic (exact) mass is 253 g/mol. The van der Waals surface area contributed by atoms with Gasteiger partial charge in [0.2, 0.25) is 5.91 Å². The molecule has 0 aromatic carbocycles. The van der Waals surface area contributed by atoms with E-state index in [1.54, 1.807) is 0 Å². The van der Waals surface area contributed by atoms with Gasteiger partial charge in [-0.25, -0.2) is 0 Å². The predicted molar refractivity (Wildman–Crippen MR) is 73.6 cm³/mol. The number of rotatable bonds is 2. The highest BCUT2D eigenvalue weighted by Gasteiger charge is 2.23. The summed E-state index contributed by atoms with van der Waals surface area (Å²) in [4.78, 5) is 16.7. The Hall–Kier alpha value is -0.610. The van der Waals surface area contributed by atoms with E-state index in [-0.39, 0.29) is 0 Å². The van der Waals surface area contributed by atoms with Crippen molar-refractivity contribution < 1.29 is 4.79 Å². The molecule has 0 bridgehead atoms. The summed E-state index contributed by atoms with van der Waals surface area (Å²) >= 11 is 0. The number of piperazine rings is 1. The molecule has 104 valence electrons. The average Bonchev–Trinajstić information content (AvgIpc) is 2.31. The van der Waals surface area contributed by atoms with Gasteiger partial charge in [0.05, 0.1) is 6.54 Å². The van der Waals surface area contributed by atoms with E-state index in [9.17, 15) is 4.79 Å². The molecule has 1 amide bonds. The van der Waals surface area contributed by atoms with Crippen LogP contribution in [0.1, 0.15) is 39.0 Å². The SMILES string of the molecule is CC1CNCCN1CC(=O)N1CCCCCCC1. The van der Waals surface area contributed by atoms with Crippen LogP contribution in [0, 0.1) is 0 Å². The molecule has 2 heterocycles. The number of carbonyl (C=O) groups is 1. The standard InChI is InChI=1S/C14H27N3O/c1-13-11-15-7-10-17(13)12-14(18)16-8-5-3-2-4-6-9-16/h13,15H,2-12H2,1H3. The Morgan fingerprint density at radius 3 is 2.44 bits per heavy atom. The molecule has 0 aliphatic carbocycles. The summed E-state index contributed by atoms with van der Waals surface area (Å²) in [7, 11) is 0. The van der Waals surface area contributed by atoms with Crippen LogP contribution in [0.25, 0.3) is 0 Å². The van der Waals surface area contributed by atoms with E-state index in [0.717, 1.165) is 32.7 Å². The van der Waals surface area contributed by atoms with Gasteiger partial charge in [-0.05, 0) is 19.8 Å². The zero-order valence-corrected chi connectivity index (χ0v) is 11.7. The highest BCUT2D eigenvalue weighted by Crippen LogP contribution is 2.11. The Morgan fingerprint density at radius 1 is 1.11 bits per heavy atom. The van der Waals surface area contributed by atoms with Gasteiger partial charge in [0, 0.05) is 38.8 Å². The lowest BCUT2D eigenvalue weighted by molar-refractivity contribution is -0.133. The summed E-state index contributed by atoms with van der Waals surface area (Å²) in [6.45, 7) is 7.78. The van der Waals surface area contributed by atoms with E-state index in [1.807, 2.05) is 0 Å². The third kappa shape index (κ3) is 3.95. The molecule has 0 aromatic rings. The number of likely N-dealkylation sites (tertiary alicyclic amines) is 1. The Balaban J connectivity index is 1.81. The first-order chi connectivity index (χ1) is 8.77. The molecule has 0 radical (unpaired) electrons. The van der Waals surface area contributed by atoms with Gasteiger partial charge in [-0.3, -0.25) is 9.69 Å². The van der Waals surface area contributed by atoms with Crippen LogP contribution in [0.4, 0.5) is 0 Å². The minimum atomic E-state index is 0.339. The maximum atomic E-state index is 12.3. The number of carbonyl (C=O) groups excluding carboxylic acids is 1. The quantitative estimate of drug-likeness (QED) is 0.800. The Kier molecular flexibility index (Phi) is 5.45. The highest BCUT2D eigenvalue weighted by molar-refractivity contribution is 5.78. The Bertz CT molecular complexity index is 262. The van der Waals surface area contributed by atoms with E-state index in [0.29, 0.717) is 18.5 Å². The van der Waals surface area contributed by atoms with Crippen molar-refractivity contribution in [2.75, 3.05) is 39.3 Å². The van der Waals surface area contributed by atoms with E-state index in [1.165, 1.54) is 32.1 Å². The molecule has 2 rings (SSSR count). The van der Waals surface area contributed by atoms with Gasteiger partial charge in [0.25, 0.3) is 0 Å². The van der Waals surface area contributed by atoms with Crippen molar-refractivity contribution in [1.82, 2.24) is 15.1 Å². The van der Waals surface area contributed by atoms with E-state index >= 15 is 0 Å². The second-order valence-electron chi connectivity index (χ2n) is 5.67. The second kappa shape index (κ2) is 7.10. The predicted octanol–water partition coefficient (Wildman–Crippen LogP) is 1.07. The van der Waals surface area contributed by atoms with Crippen LogP contribution < -0.4 is 5.32 Å². The molecule has 1 unspecified atom stereocenters. The minimum Gasteiger partial charge on any atom is -0.342 e. The van der Waals surface area contributed by atoms with Crippen molar-refractivity contribution in [3.8, 4) is 0 Å². The molecule has 1 atom stereocenters. The molecule has 2 aliphatic heterocycles. The van der Waals surface area contributed by atoms with Crippen molar-refractivity contribution in [1.29, 1.82) is 0 Å². The van der Waals surface area contributed by atoms with Crippen molar-refractivity contribution in [3.05, 3.63) is 0 Å². The molecule has 18 heavy (non-hydrogen) atoms. The average molecular weight is 253 g/mol. The van der Waals surface area contributed by atoms with Crippen LogP contribution in [0.3, 0.4) is 0 Å². The molecule has 0 saturated carbocycles. The van der Waals surface area contributed by atoms with Gasteiger partial charge in [-0.1, -0.05) is 19.3 Å². The topological polar surface area (TPSA) is 35.6 Å². The van der Waals surface area contributed by atoms with Gasteiger partial charge in [-0.2, -0.15) is 0 Å². The van der Waals surface area contributed by atoms with E-state index < -0.39 is 0 Å². The first-order valence-electron chi connectivity index (χ1n) is 7.50. The first kappa shape index (κ1) is 13.8. The van der Waals surface area contributed by atoms with Gasteiger partial charge >= 0.3 is 0 Å². The van der Waals surface area contributed by atoms with Gasteiger partial charge < -0.3 is 10.2 Å². The van der Waals surface area contributed by atoms with Crippen molar-refractivity contribution in [2.24, 2.45) is 0 Å². The van der Waals surface area contributed by atoms with Crippen LogP contribution in [0.5, 0.6) is 0 Å². The van der Waals surface area contributed by atoms with Crippen LogP contribution in [-0.2, 0) is 4.79 Å². The highest BCUT2D eigenvalue weighted by atomic mass is 16.2. The molecule has 2 saturated heterocycles. The molecule has 0 aromatic heterocycles. The maximum absolute atomic E-state index is 12.3. The van der Waals surface area contributed by atoms with Gasteiger partial charge in [0.15, 0.2) is 0 Å². The number of hydrogen-bond acceptors (Lipinski definition) is 3. The lowest BCUT2D eigenvalue weighted by atomic mass is 10.1. The largest absolute Gasteiger partial charge is 0.342 e. The molecule has 4 heteroatoms. The summed E-state index contributed by atoms with van der Waals surface area (Å²) in [5.41, 5.74) is 0. The summed E-state index contributed by atoms with van der Waals surface area (Å²) in [6, 6.07) is 0.484. The summed E-state index contributed by atoms with van der Waals surface area (Å²) in [5.74, 6) is 0.339. The maximum Gasteiger partial charge on any atom is 0.236 e.